The maximum absolute atomic E-state index is 5.09. The van der Waals surface area contributed by atoms with Gasteiger partial charge in [0, 0.05) is 10.3 Å². The van der Waals surface area contributed by atoms with Crippen molar-refractivity contribution in [1.82, 2.24) is 0 Å². The van der Waals surface area contributed by atoms with Crippen LogP contribution in [-0.4, -0.2) is 0 Å². The summed E-state index contributed by atoms with van der Waals surface area (Å²) in [4.78, 5) is 2.06. The second-order valence-corrected chi connectivity index (χ2v) is 9.24. The maximum atomic E-state index is 5.09. The molecule has 1 aliphatic rings. The van der Waals surface area contributed by atoms with Gasteiger partial charge in [-0.25, -0.2) is 0 Å². The van der Waals surface area contributed by atoms with Gasteiger partial charge in [0.05, 0.1) is 0 Å². The van der Waals surface area contributed by atoms with E-state index in [-0.39, 0.29) is 5.41 Å². The van der Waals surface area contributed by atoms with Crippen molar-refractivity contribution >= 4 is 25.3 Å². The summed E-state index contributed by atoms with van der Waals surface area (Å²) in [6.07, 6.45) is 9.45. The number of hydrogen-bond donors (Lipinski definition) is 2. The number of thiol groups is 2. The molecule has 0 nitrogen and oxygen atoms in total. The number of hydrogen-bond acceptors (Lipinski definition) is 2. The molecule has 0 aromatic carbocycles. The van der Waals surface area contributed by atoms with Crippen molar-refractivity contribution in [3.8, 4) is 0 Å². The summed E-state index contributed by atoms with van der Waals surface area (Å²) in [6, 6.07) is 0. The van der Waals surface area contributed by atoms with Gasteiger partial charge in [0.2, 0.25) is 0 Å². The molecule has 0 aromatic heterocycles. The molecule has 0 aliphatic heterocycles. The Morgan fingerprint density at radius 3 is 1.67 bits per heavy atom. The summed E-state index contributed by atoms with van der Waals surface area (Å²) in [7, 11) is 0. The van der Waals surface area contributed by atoms with Crippen molar-refractivity contribution in [3.63, 3.8) is 0 Å². The molecule has 27 heavy (non-hydrogen) atoms. The van der Waals surface area contributed by atoms with Crippen LogP contribution in [-0.2, 0) is 0 Å². The van der Waals surface area contributed by atoms with E-state index in [1.165, 1.54) is 22.3 Å². The summed E-state index contributed by atoms with van der Waals surface area (Å²) < 4.78 is 0. The highest BCUT2D eigenvalue weighted by Crippen LogP contribution is 2.56. The van der Waals surface area contributed by atoms with E-state index >= 15 is 0 Å². The highest BCUT2D eigenvalue weighted by molar-refractivity contribution is 7.86. The molecule has 2 heteroatoms. The van der Waals surface area contributed by atoms with Crippen molar-refractivity contribution in [2.45, 2.75) is 67.7 Å². The molecular weight excluding hydrogens is 364 g/mol. The molecule has 0 N–H and O–H groups in total. The molecule has 0 saturated heterocycles. The van der Waals surface area contributed by atoms with Gasteiger partial charge in [-0.15, -0.1) is 25.3 Å². The first-order chi connectivity index (χ1) is 12.4. The zero-order valence-corrected chi connectivity index (χ0v) is 20.0. The minimum atomic E-state index is -0.247. The number of rotatable bonds is 7. The largest absolute Gasteiger partial charge is 0.147 e. The van der Waals surface area contributed by atoms with E-state index in [0.717, 1.165) is 45.8 Å². The minimum Gasteiger partial charge on any atom is -0.147 e. The Bertz CT molecular complexity index is 747. The Morgan fingerprint density at radius 2 is 1.30 bits per heavy atom. The van der Waals surface area contributed by atoms with E-state index in [1.54, 1.807) is 0 Å². The minimum absolute atomic E-state index is 0.247. The molecule has 0 fully saturated rings. The van der Waals surface area contributed by atoms with E-state index in [9.17, 15) is 0 Å². The average molecular weight is 401 g/mol. The quantitative estimate of drug-likeness (QED) is 0.310. The molecule has 0 atom stereocenters. The zero-order valence-electron chi connectivity index (χ0n) is 18.2. The molecule has 0 unspecified atom stereocenters. The lowest BCUT2D eigenvalue weighted by Gasteiger charge is -2.42. The summed E-state index contributed by atoms with van der Waals surface area (Å²) in [5.41, 5.74) is 8.05. The normalized spacial score (nSPS) is 16.3. The first-order valence-electron chi connectivity index (χ1n) is 9.56. The Hall–Kier alpha value is -1.12. The summed E-state index contributed by atoms with van der Waals surface area (Å²) in [5.74, 6) is 0. The van der Waals surface area contributed by atoms with Crippen molar-refractivity contribution in [2.24, 2.45) is 5.41 Å². The van der Waals surface area contributed by atoms with Crippen LogP contribution in [0.3, 0.4) is 0 Å². The third-order valence-electron chi connectivity index (χ3n) is 5.00. The van der Waals surface area contributed by atoms with Crippen LogP contribution in [0.2, 0.25) is 0 Å². The topological polar surface area (TPSA) is 0 Å². The number of allylic oxidation sites excluding steroid dienone is 11. The van der Waals surface area contributed by atoms with E-state index in [2.05, 4.69) is 72.9 Å². The molecule has 0 saturated carbocycles. The second kappa shape index (κ2) is 9.89. The van der Waals surface area contributed by atoms with Crippen LogP contribution in [0.1, 0.15) is 67.7 Å². The molecule has 0 spiro atoms. The first-order valence-corrected chi connectivity index (χ1v) is 10.5. The van der Waals surface area contributed by atoms with Gasteiger partial charge < -0.3 is 0 Å². The van der Waals surface area contributed by atoms with Crippen molar-refractivity contribution in [1.29, 1.82) is 0 Å². The van der Waals surface area contributed by atoms with Gasteiger partial charge in [-0.05, 0) is 94.9 Å². The van der Waals surface area contributed by atoms with Gasteiger partial charge in [0.15, 0.2) is 0 Å². The van der Waals surface area contributed by atoms with Crippen LogP contribution in [0.5, 0.6) is 0 Å². The lowest BCUT2D eigenvalue weighted by atomic mass is 9.66. The summed E-state index contributed by atoms with van der Waals surface area (Å²) in [6.45, 7) is 23.6. The van der Waals surface area contributed by atoms with Crippen molar-refractivity contribution in [3.05, 3.63) is 80.2 Å². The maximum Gasteiger partial charge on any atom is 0.0332 e. The molecule has 1 rings (SSSR count). The molecule has 1 aliphatic carbocycles. The SMILES string of the molecule is C=C(C)C1=C(S)C(CC=C(C)C)=C(S)C(CC=C(C)C)(CC=C(C)C)C1=C. The Morgan fingerprint density at radius 1 is 0.852 bits per heavy atom. The van der Waals surface area contributed by atoms with Gasteiger partial charge >= 0.3 is 0 Å². The van der Waals surface area contributed by atoms with E-state index in [0.29, 0.717) is 0 Å². The molecule has 0 heterocycles. The fraction of sp³-hybridized carbons (Fsp3) is 0.440. The Balaban J connectivity index is 3.78. The molecule has 148 valence electrons. The molecule has 0 aromatic rings. The Kier molecular flexibility index (Phi) is 8.76. The second-order valence-electron chi connectivity index (χ2n) is 8.35. The lowest BCUT2D eigenvalue weighted by Crippen LogP contribution is -2.29. The van der Waals surface area contributed by atoms with E-state index < -0.39 is 0 Å². The predicted molar refractivity (Wildman–Crippen MR) is 131 cm³/mol. The van der Waals surface area contributed by atoms with Crippen LogP contribution in [0.15, 0.2) is 80.2 Å². The highest BCUT2D eigenvalue weighted by atomic mass is 32.1. The van der Waals surface area contributed by atoms with Crippen LogP contribution in [0.25, 0.3) is 0 Å². The smallest absolute Gasteiger partial charge is 0.0332 e. The molecule has 0 amide bonds. The van der Waals surface area contributed by atoms with Crippen molar-refractivity contribution < 1.29 is 0 Å². The third kappa shape index (κ3) is 5.68. The van der Waals surface area contributed by atoms with Crippen LogP contribution < -0.4 is 0 Å². The fourth-order valence-electron chi connectivity index (χ4n) is 3.32. The van der Waals surface area contributed by atoms with Crippen LogP contribution in [0.4, 0.5) is 0 Å². The van der Waals surface area contributed by atoms with Crippen LogP contribution in [0, 0.1) is 5.41 Å². The molecule has 0 radical (unpaired) electrons. The summed E-state index contributed by atoms with van der Waals surface area (Å²) >= 11 is 9.99. The summed E-state index contributed by atoms with van der Waals surface area (Å²) in [5, 5.41) is 0. The fourth-order valence-corrected chi connectivity index (χ4v) is 4.45. The Labute approximate surface area is 178 Å². The lowest BCUT2D eigenvalue weighted by molar-refractivity contribution is 0.461. The van der Waals surface area contributed by atoms with Gasteiger partial charge in [0.1, 0.15) is 0 Å². The average Bonchev–Trinajstić information content (AvgIpc) is 2.53. The third-order valence-corrected chi connectivity index (χ3v) is 6.19. The highest BCUT2D eigenvalue weighted by Gasteiger charge is 2.41. The predicted octanol–water partition coefficient (Wildman–Crippen LogP) is 8.56. The standard InChI is InChI=1S/C25H36S2/c1-16(2)10-11-21-23(26)22(19(7)8)20(9)25(24(21)27,14-12-17(3)4)15-13-18(5)6/h10,12-13,26-27H,7,9,11,14-15H2,1-6,8H3. The van der Waals surface area contributed by atoms with Crippen molar-refractivity contribution in [2.75, 3.05) is 0 Å². The first kappa shape index (κ1) is 23.9. The molecular formula is C25H36S2. The van der Waals surface area contributed by atoms with Gasteiger partial charge in [-0.3, -0.25) is 0 Å². The van der Waals surface area contributed by atoms with Gasteiger partial charge in [0.25, 0.3) is 0 Å². The molecule has 0 bridgehead atoms. The van der Waals surface area contributed by atoms with Gasteiger partial charge in [-0.2, -0.15) is 0 Å². The zero-order chi connectivity index (χ0) is 20.9. The van der Waals surface area contributed by atoms with Gasteiger partial charge in [-0.1, -0.05) is 48.1 Å². The monoisotopic (exact) mass is 400 g/mol. The van der Waals surface area contributed by atoms with Crippen LogP contribution >= 0.6 is 25.3 Å². The van der Waals surface area contributed by atoms with E-state index in [1.807, 2.05) is 6.92 Å². The van der Waals surface area contributed by atoms with E-state index in [4.69, 9.17) is 25.3 Å².